The van der Waals surface area contributed by atoms with Crippen LogP contribution in [0.15, 0.2) is 12.2 Å². The number of quaternary nitrogens is 1. The molecule has 0 aliphatic carbocycles. The Morgan fingerprint density at radius 3 is 1.00 bits per heavy atom. The number of likely N-dealkylation sites (N-methyl/N-ethyl adjacent to an activating group) is 1. The number of rotatable bonds is 63. The number of hydrogen-bond donors (Lipinski definition) is 2. The van der Waals surface area contributed by atoms with Crippen LogP contribution in [0.25, 0.3) is 0 Å². The van der Waals surface area contributed by atoms with Crippen LogP contribution in [0.1, 0.15) is 354 Å². The Morgan fingerprint density at radius 1 is 0.453 bits per heavy atom. The molecule has 8 nitrogen and oxygen atoms in total. The molecule has 0 aromatic rings. The van der Waals surface area contributed by atoms with Crippen LogP contribution in [0.4, 0.5) is 0 Å². The number of aliphatic hydroxyl groups excluding tert-OH is 1. The average molecular weight is 1080 g/mol. The van der Waals surface area contributed by atoms with Crippen LogP contribution in [0, 0.1) is 0 Å². The van der Waals surface area contributed by atoms with Crippen LogP contribution in [0.3, 0.4) is 0 Å². The molecule has 448 valence electrons. The standard InChI is InChI=1S/C66H133N2O6P/c1-6-8-10-12-14-16-18-20-22-24-26-28-30-32-34-35-37-39-41-43-45-47-49-51-53-55-57-59-65(69)64(63-74-75(71,72)73-62-61-68(3,4)5)67-66(70)60-58-56-54-52-50-48-46-44-42-40-38-36-33-31-29-27-25-23-21-19-17-15-13-11-9-7-2/h57,59,64-65,69H,6-56,58,60-63H2,1-5H3,(H-,67,70,71,72)/b59-57+. The normalized spacial score (nSPS) is 13.7. The minimum absolute atomic E-state index is 0.00296. The van der Waals surface area contributed by atoms with Gasteiger partial charge in [0.25, 0.3) is 7.82 Å². The van der Waals surface area contributed by atoms with Gasteiger partial charge < -0.3 is 28.8 Å². The Morgan fingerprint density at radius 2 is 0.720 bits per heavy atom. The SMILES string of the molecule is CCCCCCCCCCCCCCCCCCCCCCCCCCC/C=C/C(O)C(COP(=O)([O-])OCC[N+](C)(C)C)NC(=O)CCCCCCCCCCCCCCCCCCCCCCCCCCCC. The second-order valence-electron chi connectivity index (χ2n) is 24.5. The molecule has 3 atom stereocenters. The van der Waals surface area contributed by atoms with E-state index in [9.17, 15) is 19.4 Å². The van der Waals surface area contributed by atoms with Crippen molar-refractivity contribution in [2.45, 2.75) is 366 Å². The van der Waals surface area contributed by atoms with E-state index in [2.05, 4.69) is 19.2 Å². The van der Waals surface area contributed by atoms with E-state index >= 15 is 0 Å². The van der Waals surface area contributed by atoms with Crippen molar-refractivity contribution < 1.29 is 32.9 Å². The van der Waals surface area contributed by atoms with Gasteiger partial charge in [0.2, 0.25) is 5.91 Å². The summed E-state index contributed by atoms with van der Waals surface area (Å²) in [5.74, 6) is -0.188. The molecule has 0 rings (SSSR count). The van der Waals surface area contributed by atoms with Crippen molar-refractivity contribution in [2.24, 2.45) is 0 Å². The third kappa shape index (κ3) is 60.7. The molecule has 0 aliphatic rings. The predicted molar refractivity (Wildman–Crippen MR) is 326 cm³/mol. The second kappa shape index (κ2) is 57.9. The molecule has 0 aliphatic heterocycles. The molecule has 75 heavy (non-hydrogen) atoms. The lowest BCUT2D eigenvalue weighted by Crippen LogP contribution is -2.45. The maximum absolute atomic E-state index is 13.0. The van der Waals surface area contributed by atoms with Crippen LogP contribution in [-0.2, 0) is 18.4 Å². The third-order valence-corrected chi connectivity index (χ3v) is 16.7. The van der Waals surface area contributed by atoms with Gasteiger partial charge in [-0.05, 0) is 19.3 Å². The zero-order valence-corrected chi connectivity index (χ0v) is 52.2. The summed E-state index contributed by atoms with van der Waals surface area (Å²) in [6.07, 6.45) is 73.2. The smallest absolute Gasteiger partial charge is 0.268 e. The molecule has 0 bridgehead atoms. The number of allylic oxidation sites excluding steroid dienone is 1. The number of hydrogen-bond acceptors (Lipinski definition) is 6. The fraction of sp³-hybridized carbons (Fsp3) is 0.955. The van der Waals surface area contributed by atoms with Gasteiger partial charge in [-0.2, -0.15) is 0 Å². The Kier molecular flexibility index (Phi) is 57.3. The molecule has 3 unspecified atom stereocenters. The van der Waals surface area contributed by atoms with Gasteiger partial charge in [-0.1, -0.05) is 341 Å². The zero-order valence-electron chi connectivity index (χ0n) is 51.3. The first-order chi connectivity index (χ1) is 36.5. The number of nitrogens with zero attached hydrogens (tertiary/aromatic N) is 1. The van der Waals surface area contributed by atoms with Gasteiger partial charge in [-0.25, -0.2) is 0 Å². The molecule has 9 heteroatoms. The number of phosphoric acid groups is 1. The molecule has 0 fully saturated rings. The molecule has 0 radical (unpaired) electrons. The number of carbonyl (C=O) groups is 1. The maximum Gasteiger partial charge on any atom is 0.268 e. The zero-order chi connectivity index (χ0) is 54.9. The first kappa shape index (κ1) is 74.2. The molecule has 0 saturated carbocycles. The minimum atomic E-state index is -4.60. The lowest BCUT2D eigenvalue weighted by molar-refractivity contribution is -0.870. The minimum Gasteiger partial charge on any atom is -0.756 e. The van der Waals surface area contributed by atoms with Gasteiger partial charge in [0.15, 0.2) is 0 Å². The van der Waals surface area contributed by atoms with E-state index < -0.39 is 20.0 Å². The molecule has 0 heterocycles. The Hall–Kier alpha value is -0.760. The summed E-state index contributed by atoms with van der Waals surface area (Å²) in [6.45, 7) is 4.72. The van der Waals surface area contributed by atoms with E-state index in [4.69, 9.17) is 9.05 Å². The Labute approximate surface area is 469 Å². The van der Waals surface area contributed by atoms with Crippen LogP contribution < -0.4 is 10.2 Å². The molecule has 2 N–H and O–H groups in total. The first-order valence-corrected chi connectivity index (χ1v) is 35.0. The van der Waals surface area contributed by atoms with Gasteiger partial charge in [-0.3, -0.25) is 9.36 Å². The van der Waals surface area contributed by atoms with E-state index in [1.807, 2.05) is 27.2 Å². The summed E-state index contributed by atoms with van der Waals surface area (Å²) in [4.78, 5) is 25.6. The predicted octanol–water partition coefficient (Wildman–Crippen LogP) is 20.3. The van der Waals surface area contributed by atoms with E-state index in [1.54, 1.807) is 6.08 Å². The molecule has 1 amide bonds. The molecule has 0 aromatic carbocycles. The Bertz CT molecular complexity index is 1230. The second-order valence-corrected chi connectivity index (χ2v) is 26.0. The highest BCUT2D eigenvalue weighted by Gasteiger charge is 2.23. The fourth-order valence-electron chi connectivity index (χ4n) is 10.5. The van der Waals surface area contributed by atoms with Gasteiger partial charge in [0.05, 0.1) is 39.9 Å². The highest BCUT2D eigenvalue weighted by molar-refractivity contribution is 7.45. The number of carbonyl (C=O) groups excluding carboxylic acids is 1. The number of phosphoric ester groups is 1. The molecular weight excluding hydrogens is 948 g/mol. The summed E-state index contributed by atoms with van der Waals surface area (Å²) in [5, 5.41) is 14.0. The van der Waals surface area contributed by atoms with Crippen molar-refractivity contribution in [1.29, 1.82) is 0 Å². The topological polar surface area (TPSA) is 108 Å². The number of amides is 1. The molecule has 0 spiro atoms. The van der Waals surface area contributed by atoms with Crippen LogP contribution in [0.5, 0.6) is 0 Å². The van der Waals surface area contributed by atoms with E-state index in [1.165, 1.54) is 295 Å². The molecule has 0 aromatic heterocycles. The summed E-state index contributed by atoms with van der Waals surface area (Å²) in [6, 6.07) is -0.883. The van der Waals surface area contributed by atoms with Crippen molar-refractivity contribution in [3.8, 4) is 0 Å². The largest absolute Gasteiger partial charge is 0.756 e. The lowest BCUT2D eigenvalue weighted by atomic mass is 10.0. The van der Waals surface area contributed by atoms with Crippen molar-refractivity contribution >= 4 is 13.7 Å². The van der Waals surface area contributed by atoms with Gasteiger partial charge in [-0.15, -0.1) is 0 Å². The van der Waals surface area contributed by atoms with Crippen molar-refractivity contribution in [1.82, 2.24) is 5.32 Å². The quantitative estimate of drug-likeness (QED) is 0.0272. The highest BCUT2D eigenvalue weighted by Crippen LogP contribution is 2.38. The third-order valence-electron chi connectivity index (χ3n) is 15.7. The van der Waals surface area contributed by atoms with Crippen molar-refractivity contribution in [3.63, 3.8) is 0 Å². The molecule has 0 saturated heterocycles. The molecular formula is C66H133N2O6P. The lowest BCUT2D eigenvalue weighted by Gasteiger charge is -2.29. The fourth-order valence-corrected chi connectivity index (χ4v) is 11.2. The van der Waals surface area contributed by atoms with Gasteiger partial charge in [0.1, 0.15) is 13.2 Å². The summed E-state index contributed by atoms with van der Waals surface area (Å²) in [7, 11) is 1.28. The summed E-state index contributed by atoms with van der Waals surface area (Å²) < 4.78 is 23.4. The van der Waals surface area contributed by atoms with E-state index in [0.717, 1.165) is 38.5 Å². The summed E-state index contributed by atoms with van der Waals surface area (Å²) in [5.41, 5.74) is 0. The van der Waals surface area contributed by atoms with Crippen molar-refractivity contribution in [2.75, 3.05) is 40.9 Å². The summed E-state index contributed by atoms with van der Waals surface area (Å²) >= 11 is 0. The maximum atomic E-state index is 13.0. The van der Waals surface area contributed by atoms with Crippen LogP contribution in [-0.4, -0.2) is 68.5 Å². The van der Waals surface area contributed by atoms with E-state index in [-0.39, 0.29) is 19.1 Å². The van der Waals surface area contributed by atoms with Gasteiger partial charge in [0, 0.05) is 6.42 Å². The number of aliphatic hydroxyl groups is 1. The van der Waals surface area contributed by atoms with E-state index in [0.29, 0.717) is 17.4 Å². The first-order valence-electron chi connectivity index (χ1n) is 33.6. The van der Waals surface area contributed by atoms with Crippen LogP contribution >= 0.6 is 7.82 Å². The number of nitrogens with one attached hydrogen (secondary N) is 1. The van der Waals surface area contributed by atoms with Crippen LogP contribution in [0.2, 0.25) is 0 Å². The Balaban J connectivity index is 4.07. The van der Waals surface area contributed by atoms with Crippen molar-refractivity contribution in [3.05, 3.63) is 12.2 Å². The average Bonchev–Trinajstić information content (AvgIpc) is 3.37. The van der Waals surface area contributed by atoms with Gasteiger partial charge >= 0.3 is 0 Å². The highest BCUT2D eigenvalue weighted by atomic mass is 31.2. The monoisotopic (exact) mass is 1080 g/mol. The number of unbranched alkanes of at least 4 members (excludes halogenated alkanes) is 50.